The molecule has 0 fully saturated rings. The normalized spacial score (nSPS) is 15.5. The van der Waals surface area contributed by atoms with Crippen molar-refractivity contribution in [1.29, 1.82) is 0 Å². The smallest absolute Gasteiger partial charge is 0.410 e. The number of carbonyl (C=O) groups excluding carboxylic acids is 7. The van der Waals surface area contributed by atoms with Gasteiger partial charge in [-0.05, 0) is 80.5 Å². The number of alkyl carbamates (subject to hydrolysis) is 2. The summed E-state index contributed by atoms with van der Waals surface area (Å²) in [6.45, 7) is 14.5. The summed E-state index contributed by atoms with van der Waals surface area (Å²) in [5.41, 5.74) is 4.17. The number of carbonyl (C=O) groups is 8. The minimum absolute atomic E-state index is 0.0253. The molecule has 25 heteroatoms. The highest BCUT2D eigenvalue weighted by Crippen LogP contribution is 2.48. The summed E-state index contributed by atoms with van der Waals surface area (Å²) in [7, 11) is -8.43. The number of esters is 3. The topological polar surface area (TPSA) is 326 Å². The molecule has 0 aliphatic rings. The van der Waals surface area contributed by atoms with Gasteiger partial charge in [0.25, 0.3) is 0 Å². The van der Waals surface area contributed by atoms with Crippen LogP contribution in [0.15, 0.2) is 114 Å². The fraction of sp³-hybridized carbons (Fsp3) is 0.439. The molecule has 0 radical (unpaired) electrons. The number of hydrogen-bond acceptors (Lipinski definition) is 15. The molecule has 4 aromatic rings. The number of hydrogen-bond donors (Lipinski definition) is 7. The minimum atomic E-state index is -4.25. The second-order valence-electron chi connectivity index (χ2n) is 20.0. The summed E-state index contributed by atoms with van der Waals surface area (Å²) in [5, 5.41) is 18.6. The van der Waals surface area contributed by atoms with Crippen LogP contribution in [0.1, 0.15) is 85.9 Å². The van der Waals surface area contributed by atoms with Crippen molar-refractivity contribution in [2.45, 2.75) is 125 Å². The van der Waals surface area contributed by atoms with Gasteiger partial charge in [0.1, 0.15) is 30.3 Å². The van der Waals surface area contributed by atoms with E-state index in [1.807, 2.05) is 72.8 Å². The second kappa shape index (κ2) is 33.3. The third kappa shape index (κ3) is 24.7. The van der Waals surface area contributed by atoms with E-state index >= 15 is 0 Å². The van der Waals surface area contributed by atoms with E-state index in [1.165, 1.54) is 41.5 Å². The third-order valence-electron chi connectivity index (χ3n) is 12.2. The molecule has 22 nitrogen and oxygen atoms in total. The van der Waals surface area contributed by atoms with Gasteiger partial charge < -0.3 is 59.8 Å². The van der Waals surface area contributed by atoms with Crippen molar-refractivity contribution in [2.75, 3.05) is 12.3 Å². The molecule has 10 atom stereocenters. The maximum Gasteiger partial charge on any atom is 0.410 e. The molecule has 0 saturated carbocycles. The number of aliphatic carboxylic acids is 1. The number of amides is 4. The molecule has 0 saturated heterocycles. The average Bonchev–Trinajstić information content (AvgIpc) is 3.45. The van der Waals surface area contributed by atoms with Gasteiger partial charge in [-0.3, -0.25) is 33.1 Å². The molecule has 4 rings (SSSR count). The molecule has 0 aliphatic heterocycles. The van der Waals surface area contributed by atoms with Crippen LogP contribution in [-0.2, 0) is 81.0 Å². The molecule has 0 aliphatic carbocycles. The predicted molar refractivity (Wildman–Crippen MR) is 308 cm³/mol. The van der Waals surface area contributed by atoms with Crippen LogP contribution in [0.3, 0.4) is 0 Å². The summed E-state index contributed by atoms with van der Waals surface area (Å²) in [4.78, 5) is 120. The van der Waals surface area contributed by atoms with Crippen LogP contribution in [0.4, 0.5) is 9.59 Å². The highest BCUT2D eigenvalue weighted by Gasteiger charge is 2.38. The lowest BCUT2D eigenvalue weighted by Crippen LogP contribution is -2.44. The molecule has 0 heterocycles. The number of carboxylic acids is 1. The predicted octanol–water partition coefficient (Wildman–Crippen LogP) is 8.73. The van der Waals surface area contributed by atoms with E-state index in [0.717, 1.165) is 26.7 Å². The zero-order valence-corrected chi connectivity index (χ0v) is 50.8. The van der Waals surface area contributed by atoms with Crippen molar-refractivity contribution >= 4 is 78.5 Å². The Hall–Kier alpha value is -6.90. The largest absolute Gasteiger partial charge is 0.480 e. The third-order valence-corrected chi connectivity index (χ3v) is 17.4. The van der Waals surface area contributed by atoms with E-state index in [1.54, 1.807) is 64.1 Å². The van der Waals surface area contributed by atoms with Crippen molar-refractivity contribution in [3.8, 4) is 11.1 Å². The lowest BCUT2D eigenvalue weighted by molar-refractivity contribution is -0.169. The molecule has 10 unspecified atom stereocenters. The van der Waals surface area contributed by atoms with Crippen molar-refractivity contribution in [1.82, 2.24) is 21.3 Å². The fourth-order valence-corrected chi connectivity index (χ4v) is 10.6. The highest BCUT2D eigenvalue weighted by molar-refractivity contribution is 9.10. The summed E-state index contributed by atoms with van der Waals surface area (Å²) in [6, 6.07) is 31.0. The van der Waals surface area contributed by atoms with E-state index in [0.29, 0.717) is 5.56 Å². The van der Waals surface area contributed by atoms with Crippen molar-refractivity contribution in [2.24, 2.45) is 23.7 Å². The Balaban J connectivity index is 0.000000450. The summed E-state index contributed by atoms with van der Waals surface area (Å²) in [6.07, 6.45) is -5.48. The quantitative estimate of drug-likeness (QED) is 0.0127. The fourth-order valence-electron chi connectivity index (χ4n) is 7.28. The lowest BCUT2D eigenvalue weighted by atomic mass is 9.97. The Morgan fingerprint density at radius 1 is 0.476 bits per heavy atom. The van der Waals surface area contributed by atoms with Crippen molar-refractivity contribution in [3.63, 3.8) is 0 Å². The number of nitrogens with one attached hydrogen (secondary N) is 4. The molecule has 0 aromatic heterocycles. The monoisotopic (exact) mass is 1240 g/mol. The van der Waals surface area contributed by atoms with Crippen molar-refractivity contribution < 1.29 is 86.1 Å². The van der Waals surface area contributed by atoms with Crippen LogP contribution in [0.25, 0.3) is 11.1 Å². The van der Waals surface area contributed by atoms with Gasteiger partial charge in [-0.25, -0.2) is 14.4 Å². The molecule has 0 bridgehead atoms. The minimum Gasteiger partial charge on any atom is -0.480 e. The first-order chi connectivity index (χ1) is 38.4. The summed E-state index contributed by atoms with van der Waals surface area (Å²) >= 11 is 3.31. The number of halogens is 1. The highest BCUT2D eigenvalue weighted by atomic mass is 79.9. The first-order valence-electron chi connectivity index (χ1n) is 26.3. The molecule has 4 aromatic carbocycles. The average molecular weight is 1250 g/mol. The van der Waals surface area contributed by atoms with Crippen LogP contribution >= 0.6 is 30.7 Å². The Bertz CT molecular complexity index is 2860. The molecule has 7 N–H and O–H groups in total. The zero-order chi connectivity index (χ0) is 61.5. The zero-order valence-electron chi connectivity index (χ0n) is 47.4. The van der Waals surface area contributed by atoms with E-state index in [2.05, 4.69) is 37.2 Å². The Labute approximate surface area is 486 Å². The first kappa shape index (κ1) is 69.4. The maximum absolute atomic E-state index is 13.6. The van der Waals surface area contributed by atoms with Gasteiger partial charge >= 0.3 is 36.1 Å². The van der Waals surface area contributed by atoms with Crippen LogP contribution in [0.5, 0.6) is 0 Å². The van der Waals surface area contributed by atoms with Gasteiger partial charge in [-0.1, -0.05) is 141 Å². The van der Waals surface area contributed by atoms with Crippen LogP contribution in [-0.4, -0.2) is 111 Å². The van der Waals surface area contributed by atoms with Crippen LogP contribution < -0.4 is 21.3 Å². The van der Waals surface area contributed by atoms with Gasteiger partial charge in [-0.15, -0.1) is 0 Å². The molecule has 4 amide bonds. The molecular formula is C57H75BrN4O18P2. The SMILES string of the molecule is CC(OC(=O)NC(C)P(=O)(O)CC(Cc1ccc(-c2ccccc2)cc1)C(=O)NC(C)C(=O)OCc1ccccc1)OC(=O)C(C)C.CC(OC(=O)NC(C)P(=O)(O)CC(Cc1ccc(Br)cc1)C(=O)NC(C)C(=O)O)OC(=O)C(C)C. The van der Waals surface area contributed by atoms with Gasteiger partial charge in [0.05, 0.1) is 23.7 Å². The first-order valence-corrected chi connectivity index (χ1v) is 30.9. The van der Waals surface area contributed by atoms with Crippen LogP contribution in [0.2, 0.25) is 0 Å². The molecule has 82 heavy (non-hydrogen) atoms. The second-order valence-corrected chi connectivity index (χ2v) is 26.2. The molecule has 0 spiro atoms. The maximum atomic E-state index is 13.6. The summed E-state index contributed by atoms with van der Waals surface area (Å²) in [5.74, 6) is -10.00. The van der Waals surface area contributed by atoms with E-state index in [4.69, 9.17) is 28.8 Å². The number of rotatable bonds is 27. The summed E-state index contributed by atoms with van der Waals surface area (Å²) < 4.78 is 52.6. The number of benzene rings is 4. The molecular weight excluding hydrogens is 1170 g/mol. The number of ether oxygens (including phenoxy) is 5. The molecule has 448 valence electrons. The Kier molecular flexibility index (Phi) is 28.1. The van der Waals surface area contributed by atoms with Gasteiger partial charge in [-0.2, -0.15) is 0 Å². The Morgan fingerprint density at radius 2 is 0.854 bits per heavy atom. The Morgan fingerprint density at radius 3 is 1.26 bits per heavy atom. The number of carboxylic acid groups (broad SMARTS) is 1. The van der Waals surface area contributed by atoms with Crippen molar-refractivity contribution in [3.05, 3.63) is 130 Å². The standard InChI is InChI=1S/C35H43N2O9P.C22H32BrN2O9P/c1-23(2)33(39)45-26(5)46-35(41)37-25(4)47(42,43)22-31(20-27-16-18-30(19-17-27)29-14-10-7-11-15-29)32(38)36-24(3)34(40)44-21-28-12-8-6-9-13-28;1-12(2)21(29)33-15(5)34-22(30)25-14(4)35(31,32)11-17(19(26)24-13(3)20(27)28)10-16-6-8-18(23)9-7-16/h6-19,23-26,31H,20-22H2,1-5H3,(H,36,38)(H,37,41)(H,42,43);6-9,12-15,17H,10-11H2,1-5H3,(H,24,26)(H,25,30)(H,27,28)(H,31,32). The van der Waals surface area contributed by atoms with Gasteiger partial charge in [0.2, 0.25) is 39.1 Å². The van der Waals surface area contributed by atoms with E-state index < -0.39 is 135 Å². The van der Waals surface area contributed by atoms with Crippen LogP contribution in [0, 0.1) is 23.7 Å². The van der Waals surface area contributed by atoms with E-state index in [-0.39, 0.29) is 19.4 Å². The van der Waals surface area contributed by atoms with Gasteiger partial charge in [0.15, 0.2) is 0 Å². The lowest BCUT2D eigenvalue weighted by Gasteiger charge is -2.26. The van der Waals surface area contributed by atoms with E-state index in [9.17, 15) is 57.3 Å². The van der Waals surface area contributed by atoms with Gasteiger partial charge in [0, 0.05) is 30.6 Å².